The molecular weight excluding hydrogens is 366 g/mol. The summed E-state index contributed by atoms with van der Waals surface area (Å²) in [6, 6.07) is 15.1. The highest BCUT2D eigenvalue weighted by atomic mass is 19.1. The standard InChI is InChI=1S/C21H14F2N2O3/c22-14-7-8-18(17(23)11-14)25-21-16(10-13-4-1-2-6-19(13)28-21)20(26)24-12-15-5-3-9-27-15/h1-11H,12H2,(H,24,26). The predicted octanol–water partition coefficient (Wildman–Crippen LogP) is 4.47. The van der Waals surface area contributed by atoms with Gasteiger partial charge >= 0.3 is 0 Å². The van der Waals surface area contributed by atoms with Gasteiger partial charge in [0.2, 0.25) is 5.55 Å². The monoisotopic (exact) mass is 380 g/mol. The average Bonchev–Trinajstić information content (AvgIpc) is 3.21. The van der Waals surface area contributed by atoms with E-state index in [0.717, 1.165) is 12.1 Å². The molecule has 4 rings (SSSR count). The Hall–Kier alpha value is -3.74. The van der Waals surface area contributed by atoms with Gasteiger partial charge in [-0.1, -0.05) is 18.2 Å². The van der Waals surface area contributed by atoms with Crippen molar-refractivity contribution in [2.24, 2.45) is 4.99 Å². The SMILES string of the molecule is O=C(NCc1ccco1)c1cc2ccccc2oc1=Nc1ccc(F)cc1F. The van der Waals surface area contributed by atoms with Crippen LogP contribution >= 0.6 is 0 Å². The molecule has 0 aliphatic rings. The highest BCUT2D eigenvalue weighted by Crippen LogP contribution is 2.19. The molecular formula is C21H14F2N2O3. The lowest BCUT2D eigenvalue weighted by Gasteiger charge is -2.06. The number of fused-ring (bicyclic) bond motifs is 1. The molecule has 7 heteroatoms. The number of benzene rings is 2. The van der Waals surface area contributed by atoms with Crippen LogP contribution in [-0.2, 0) is 6.54 Å². The number of furan rings is 1. The zero-order chi connectivity index (χ0) is 19.5. The van der Waals surface area contributed by atoms with Gasteiger partial charge in [-0.3, -0.25) is 4.79 Å². The molecule has 2 heterocycles. The van der Waals surface area contributed by atoms with Gasteiger partial charge in [0.05, 0.1) is 12.8 Å². The van der Waals surface area contributed by atoms with E-state index in [2.05, 4.69) is 10.3 Å². The van der Waals surface area contributed by atoms with Crippen molar-refractivity contribution in [3.63, 3.8) is 0 Å². The lowest BCUT2D eigenvalue weighted by molar-refractivity contribution is 0.0944. The van der Waals surface area contributed by atoms with Gasteiger partial charge in [-0.05, 0) is 36.4 Å². The van der Waals surface area contributed by atoms with Crippen LogP contribution in [0.1, 0.15) is 16.1 Å². The largest absolute Gasteiger partial charge is 0.467 e. The Morgan fingerprint density at radius 1 is 1.04 bits per heavy atom. The number of nitrogens with one attached hydrogen (secondary N) is 1. The zero-order valence-corrected chi connectivity index (χ0v) is 14.5. The van der Waals surface area contributed by atoms with Crippen molar-refractivity contribution < 1.29 is 22.4 Å². The lowest BCUT2D eigenvalue weighted by Crippen LogP contribution is -2.28. The van der Waals surface area contributed by atoms with E-state index in [1.165, 1.54) is 12.3 Å². The van der Waals surface area contributed by atoms with Crippen LogP contribution in [0.2, 0.25) is 0 Å². The minimum Gasteiger partial charge on any atom is -0.467 e. The van der Waals surface area contributed by atoms with E-state index in [1.807, 2.05) is 0 Å². The van der Waals surface area contributed by atoms with Gasteiger partial charge in [-0.25, -0.2) is 13.8 Å². The van der Waals surface area contributed by atoms with Gasteiger partial charge in [-0.2, -0.15) is 0 Å². The van der Waals surface area contributed by atoms with Crippen molar-refractivity contribution in [2.45, 2.75) is 6.54 Å². The molecule has 1 N–H and O–H groups in total. The van der Waals surface area contributed by atoms with Gasteiger partial charge in [0.15, 0.2) is 5.82 Å². The highest BCUT2D eigenvalue weighted by molar-refractivity contribution is 5.96. The fourth-order valence-electron chi connectivity index (χ4n) is 2.67. The summed E-state index contributed by atoms with van der Waals surface area (Å²) in [5, 5.41) is 3.39. The van der Waals surface area contributed by atoms with Crippen LogP contribution in [0.5, 0.6) is 0 Å². The second-order valence-corrected chi connectivity index (χ2v) is 5.97. The summed E-state index contributed by atoms with van der Waals surface area (Å²) in [4.78, 5) is 16.8. The van der Waals surface area contributed by atoms with Crippen LogP contribution in [0.3, 0.4) is 0 Å². The second-order valence-electron chi connectivity index (χ2n) is 5.97. The molecule has 0 radical (unpaired) electrons. The Bertz CT molecular complexity index is 1210. The number of carbonyl (C=O) groups is 1. The predicted molar refractivity (Wildman–Crippen MR) is 97.7 cm³/mol. The van der Waals surface area contributed by atoms with Crippen molar-refractivity contribution in [3.05, 3.63) is 95.4 Å². The van der Waals surface area contributed by atoms with Crippen molar-refractivity contribution in [3.8, 4) is 0 Å². The van der Waals surface area contributed by atoms with Gasteiger partial charge in [-0.15, -0.1) is 0 Å². The topological polar surface area (TPSA) is 67.7 Å². The normalized spacial score (nSPS) is 11.7. The first-order valence-electron chi connectivity index (χ1n) is 8.43. The van der Waals surface area contributed by atoms with Crippen molar-refractivity contribution in [1.29, 1.82) is 0 Å². The number of carbonyl (C=O) groups excluding carboxylic acids is 1. The summed E-state index contributed by atoms with van der Waals surface area (Å²) < 4.78 is 38.1. The third-order valence-electron chi connectivity index (χ3n) is 4.04. The van der Waals surface area contributed by atoms with E-state index < -0.39 is 17.5 Å². The van der Waals surface area contributed by atoms with Crippen LogP contribution in [-0.4, -0.2) is 5.91 Å². The van der Waals surface area contributed by atoms with Crippen molar-refractivity contribution >= 4 is 22.6 Å². The van der Waals surface area contributed by atoms with Crippen LogP contribution < -0.4 is 10.9 Å². The Morgan fingerprint density at radius 3 is 2.68 bits per heavy atom. The smallest absolute Gasteiger partial charge is 0.257 e. The Morgan fingerprint density at radius 2 is 1.89 bits per heavy atom. The number of nitrogens with zero attached hydrogens (tertiary/aromatic N) is 1. The lowest BCUT2D eigenvalue weighted by atomic mass is 10.1. The molecule has 28 heavy (non-hydrogen) atoms. The molecule has 5 nitrogen and oxygen atoms in total. The molecule has 0 unspecified atom stereocenters. The third kappa shape index (κ3) is 3.68. The number of halogens is 2. The van der Waals surface area contributed by atoms with Gasteiger partial charge in [0, 0.05) is 11.5 Å². The van der Waals surface area contributed by atoms with E-state index in [9.17, 15) is 13.6 Å². The Labute approximate surface area is 157 Å². The summed E-state index contributed by atoms with van der Waals surface area (Å²) in [6.45, 7) is 0.170. The summed E-state index contributed by atoms with van der Waals surface area (Å²) in [5.74, 6) is -1.46. The van der Waals surface area contributed by atoms with Crippen molar-refractivity contribution in [1.82, 2.24) is 5.32 Å². The molecule has 4 aromatic rings. The summed E-state index contributed by atoms with van der Waals surface area (Å²) >= 11 is 0. The van der Waals surface area contributed by atoms with E-state index in [1.54, 1.807) is 42.5 Å². The first-order valence-corrected chi connectivity index (χ1v) is 8.43. The molecule has 0 saturated carbocycles. The molecule has 140 valence electrons. The summed E-state index contributed by atoms with van der Waals surface area (Å²) in [7, 11) is 0. The van der Waals surface area contributed by atoms with E-state index in [4.69, 9.17) is 8.83 Å². The molecule has 0 fully saturated rings. The molecule has 0 bridgehead atoms. The minimum absolute atomic E-state index is 0.0823. The molecule has 1 amide bonds. The summed E-state index contributed by atoms with van der Waals surface area (Å²) in [6.07, 6.45) is 1.50. The van der Waals surface area contributed by atoms with Gasteiger partial charge < -0.3 is 14.2 Å². The maximum atomic E-state index is 14.0. The average molecular weight is 380 g/mol. The Kier molecular flexibility index (Phi) is 4.72. The maximum absolute atomic E-state index is 14.0. The molecule has 0 spiro atoms. The van der Waals surface area contributed by atoms with Crippen LogP contribution in [0.25, 0.3) is 11.0 Å². The van der Waals surface area contributed by atoms with E-state index in [0.29, 0.717) is 16.7 Å². The summed E-state index contributed by atoms with van der Waals surface area (Å²) in [5.41, 5.74) is 0.377. The van der Waals surface area contributed by atoms with Crippen molar-refractivity contribution in [2.75, 3.05) is 0 Å². The highest BCUT2D eigenvalue weighted by Gasteiger charge is 2.14. The molecule has 0 aliphatic heterocycles. The van der Waals surface area contributed by atoms with E-state index >= 15 is 0 Å². The van der Waals surface area contributed by atoms with E-state index in [-0.39, 0.29) is 23.3 Å². The second kappa shape index (κ2) is 7.48. The molecule has 2 aromatic heterocycles. The zero-order valence-electron chi connectivity index (χ0n) is 14.5. The fourth-order valence-corrected chi connectivity index (χ4v) is 2.67. The number of hydrogen-bond acceptors (Lipinski definition) is 4. The number of amides is 1. The maximum Gasteiger partial charge on any atom is 0.257 e. The third-order valence-corrected chi connectivity index (χ3v) is 4.04. The molecule has 2 aromatic carbocycles. The van der Waals surface area contributed by atoms with Gasteiger partial charge in [0.25, 0.3) is 5.91 Å². The van der Waals surface area contributed by atoms with Crippen LogP contribution in [0, 0.1) is 11.6 Å². The number of para-hydroxylation sites is 1. The van der Waals surface area contributed by atoms with Crippen LogP contribution in [0.4, 0.5) is 14.5 Å². The first kappa shape index (κ1) is 17.7. The number of rotatable bonds is 4. The van der Waals surface area contributed by atoms with Crippen LogP contribution in [0.15, 0.2) is 80.8 Å². The molecule has 0 aliphatic carbocycles. The molecule has 0 saturated heterocycles. The molecule has 0 atom stereocenters. The Balaban J connectivity index is 1.80. The minimum atomic E-state index is -0.856. The fraction of sp³-hybridized carbons (Fsp3) is 0.0476. The number of hydrogen-bond donors (Lipinski definition) is 1. The van der Waals surface area contributed by atoms with Gasteiger partial charge in [0.1, 0.15) is 28.4 Å². The first-order chi connectivity index (χ1) is 13.6. The quantitative estimate of drug-likeness (QED) is 0.568.